The van der Waals surface area contributed by atoms with Crippen molar-refractivity contribution in [3.8, 4) is 0 Å². The van der Waals surface area contributed by atoms with Gasteiger partial charge in [0.1, 0.15) is 6.33 Å². The number of carbonyl (C=O) groups excluding carboxylic acids is 1. The van der Waals surface area contributed by atoms with Crippen LogP contribution in [0, 0.1) is 0 Å². The van der Waals surface area contributed by atoms with Gasteiger partial charge >= 0.3 is 5.97 Å². The van der Waals surface area contributed by atoms with Crippen molar-refractivity contribution in [2.75, 3.05) is 5.32 Å². The normalized spacial score (nSPS) is 9.78. The molecule has 0 atom stereocenters. The molecule has 2 aromatic heterocycles. The van der Waals surface area contributed by atoms with E-state index in [1.807, 2.05) is 0 Å². The zero-order valence-electron chi connectivity index (χ0n) is 9.07. The number of amides is 1. The van der Waals surface area contributed by atoms with Crippen molar-refractivity contribution in [2.24, 2.45) is 0 Å². The highest BCUT2D eigenvalue weighted by Gasteiger charge is 2.13. The predicted molar refractivity (Wildman–Crippen MR) is 61.2 cm³/mol. The van der Waals surface area contributed by atoms with Gasteiger partial charge in [-0.1, -0.05) is 0 Å². The van der Waals surface area contributed by atoms with Crippen molar-refractivity contribution in [2.45, 2.75) is 0 Å². The van der Waals surface area contributed by atoms with Crippen molar-refractivity contribution in [3.05, 3.63) is 48.3 Å². The van der Waals surface area contributed by atoms with Crippen molar-refractivity contribution in [1.82, 2.24) is 15.0 Å². The number of carboxylic acid groups (broad SMARTS) is 1. The van der Waals surface area contributed by atoms with Gasteiger partial charge in [0.15, 0.2) is 0 Å². The molecule has 0 aromatic carbocycles. The largest absolute Gasteiger partial charge is 0.478 e. The lowest BCUT2D eigenvalue weighted by molar-refractivity contribution is 0.0698. The predicted octanol–water partition coefficient (Wildman–Crippen LogP) is 0.822. The average molecular weight is 244 g/mol. The number of hydrogen-bond donors (Lipinski definition) is 2. The molecule has 7 heteroatoms. The average Bonchev–Trinajstić information content (AvgIpc) is 2.40. The van der Waals surface area contributed by atoms with Crippen LogP contribution in [0.5, 0.6) is 0 Å². The number of rotatable bonds is 3. The number of anilines is 1. The maximum absolute atomic E-state index is 11.8. The van der Waals surface area contributed by atoms with E-state index in [0.717, 1.165) is 0 Å². The minimum absolute atomic E-state index is 0.0322. The Balaban J connectivity index is 2.25. The molecule has 7 nitrogen and oxygen atoms in total. The number of aromatic nitrogens is 3. The van der Waals surface area contributed by atoms with Crippen LogP contribution < -0.4 is 5.32 Å². The van der Waals surface area contributed by atoms with Crippen molar-refractivity contribution < 1.29 is 14.7 Å². The molecule has 2 rings (SSSR count). The quantitative estimate of drug-likeness (QED) is 0.828. The number of pyridine rings is 1. The Labute approximate surface area is 102 Å². The summed E-state index contributed by atoms with van der Waals surface area (Å²) >= 11 is 0. The Bertz CT molecular complexity index is 586. The van der Waals surface area contributed by atoms with Crippen LogP contribution in [0.2, 0.25) is 0 Å². The highest BCUT2D eigenvalue weighted by molar-refractivity contribution is 6.07. The van der Waals surface area contributed by atoms with Gasteiger partial charge < -0.3 is 10.4 Å². The van der Waals surface area contributed by atoms with Crippen LogP contribution in [0.25, 0.3) is 0 Å². The number of hydrogen-bond acceptors (Lipinski definition) is 5. The van der Waals surface area contributed by atoms with E-state index in [1.165, 1.54) is 37.2 Å². The monoisotopic (exact) mass is 244 g/mol. The molecule has 1 amide bonds. The second-order valence-corrected chi connectivity index (χ2v) is 3.31. The van der Waals surface area contributed by atoms with Crippen LogP contribution in [0.4, 0.5) is 5.69 Å². The lowest BCUT2D eigenvalue weighted by atomic mass is 10.2. The Morgan fingerprint density at radius 3 is 2.50 bits per heavy atom. The van der Waals surface area contributed by atoms with Crippen LogP contribution >= 0.6 is 0 Å². The minimum atomic E-state index is -1.14. The summed E-state index contributed by atoms with van der Waals surface area (Å²) in [7, 11) is 0. The third-order valence-electron chi connectivity index (χ3n) is 2.12. The first-order chi connectivity index (χ1) is 8.68. The first-order valence-electron chi connectivity index (χ1n) is 4.92. The van der Waals surface area contributed by atoms with Gasteiger partial charge in [-0.2, -0.15) is 0 Å². The molecule has 0 aliphatic heterocycles. The molecule has 0 spiro atoms. The van der Waals surface area contributed by atoms with Gasteiger partial charge in [-0.05, 0) is 6.07 Å². The number of carboxylic acids is 1. The van der Waals surface area contributed by atoms with Gasteiger partial charge in [0.05, 0.1) is 23.0 Å². The number of nitrogens with zero attached hydrogens (tertiary/aromatic N) is 3. The second kappa shape index (κ2) is 5.00. The summed E-state index contributed by atoms with van der Waals surface area (Å²) < 4.78 is 0. The second-order valence-electron chi connectivity index (χ2n) is 3.31. The minimum Gasteiger partial charge on any atom is -0.478 e. The topological polar surface area (TPSA) is 105 Å². The molecule has 0 fully saturated rings. The van der Waals surface area contributed by atoms with Crippen LogP contribution in [0.3, 0.4) is 0 Å². The number of aromatic carboxylic acids is 1. The third kappa shape index (κ3) is 2.46. The molecule has 18 heavy (non-hydrogen) atoms. The molecule has 0 radical (unpaired) electrons. The van der Waals surface area contributed by atoms with E-state index < -0.39 is 11.9 Å². The maximum atomic E-state index is 11.8. The van der Waals surface area contributed by atoms with E-state index >= 15 is 0 Å². The summed E-state index contributed by atoms with van der Waals surface area (Å²) in [5.41, 5.74) is 0.326. The van der Waals surface area contributed by atoms with Gasteiger partial charge in [0.2, 0.25) is 0 Å². The third-order valence-corrected chi connectivity index (χ3v) is 2.12. The Morgan fingerprint density at radius 2 is 1.83 bits per heavy atom. The van der Waals surface area contributed by atoms with Gasteiger partial charge in [-0.25, -0.2) is 14.8 Å². The van der Waals surface area contributed by atoms with Gasteiger partial charge in [0, 0.05) is 18.6 Å². The number of carbonyl (C=O) groups is 2. The fourth-order valence-corrected chi connectivity index (χ4v) is 1.29. The fraction of sp³-hybridized carbons (Fsp3) is 0. The smallest absolute Gasteiger partial charge is 0.337 e. The molecule has 90 valence electrons. The standard InChI is InChI=1S/C11H8N4O3/c16-10(7-3-13-6-14-4-7)15-9-5-12-2-1-8(9)11(17)18/h1-6H,(H,15,16)(H,17,18). The SMILES string of the molecule is O=C(Nc1cnccc1C(=O)O)c1cncnc1. The molecule has 2 heterocycles. The first kappa shape index (κ1) is 11.6. The summed E-state index contributed by atoms with van der Waals surface area (Å²) in [5.74, 6) is -1.64. The molecule has 0 bridgehead atoms. The van der Waals surface area contributed by atoms with Crippen LogP contribution in [0.1, 0.15) is 20.7 Å². The summed E-state index contributed by atoms with van der Waals surface area (Å²) in [6, 6.07) is 1.31. The first-order valence-corrected chi connectivity index (χ1v) is 4.92. The van der Waals surface area contributed by atoms with Crippen LogP contribution in [-0.4, -0.2) is 31.9 Å². The molecular formula is C11H8N4O3. The number of nitrogens with one attached hydrogen (secondary N) is 1. The lowest BCUT2D eigenvalue weighted by Crippen LogP contribution is -2.15. The molecule has 0 saturated heterocycles. The molecular weight excluding hydrogens is 236 g/mol. The van der Waals surface area contributed by atoms with E-state index in [-0.39, 0.29) is 16.8 Å². The molecule has 0 saturated carbocycles. The van der Waals surface area contributed by atoms with Gasteiger partial charge in [0.25, 0.3) is 5.91 Å². The van der Waals surface area contributed by atoms with Crippen LogP contribution in [-0.2, 0) is 0 Å². The lowest BCUT2D eigenvalue weighted by Gasteiger charge is -2.06. The Morgan fingerprint density at radius 1 is 1.11 bits per heavy atom. The van der Waals surface area contributed by atoms with E-state index in [1.54, 1.807) is 0 Å². The van der Waals surface area contributed by atoms with E-state index in [0.29, 0.717) is 0 Å². The fourth-order valence-electron chi connectivity index (χ4n) is 1.29. The Hall–Kier alpha value is -2.83. The van der Waals surface area contributed by atoms with Gasteiger partial charge in [-0.3, -0.25) is 9.78 Å². The summed E-state index contributed by atoms with van der Waals surface area (Å²) in [6.07, 6.45) is 6.57. The maximum Gasteiger partial charge on any atom is 0.337 e. The van der Waals surface area contributed by atoms with Crippen molar-refractivity contribution >= 4 is 17.6 Å². The highest BCUT2D eigenvalue weighted by atomic mass is 16.4. The molecule has 0 unspecified atom stereocenters. The molecule has 0 aliphatic rings. The summed E-state index contributed by atoms with van der Waals surface area (Å²) in [5, 5.41) is 11.4. The van der Waals surface area contributed by atoms with Crippen molar-refractivity contribution in [3.63, 3.8) is 0 Å². The van der Waals surface area contributed by atoms with E-state index in [2.05, 4.69) is 20.3 Å². The molecule has 2 N–H and O–H groups in total. The summed E-state index contributed by atoms with van der Waals surface area (Å²) in [6.45, 7) is 0. The summed E-state index contributed by atoms with van der Waals surface area (Å²) in [4.78, 5) is 33.9. The van der Waals surface area contributed by atoms with Gasteiger partial charge in [-0.15, -0.1) is 0 Å². The van der Waals surface area contributed by atoms with E-state index in [4.69, 9.17) is 5.11 Å². The van der Waals surface area contributed by atoms with E-state index in [9.17, 15) is 9.59 Å². The molecule has 2 aromatic rings. The van der Waals surface area contributed by atoms with Crippen LogP contribution in [0.15, 0.2) is 37.2 Å². The Kier molecular flexibility index (Phi) is 3.24. The molecule has 0 aliphatic carbocycles. The zero-order chi connectivity index (χ0) is 13.0. The van der Waals surface area contributed by atoms with Crippen molar-refractivity contribution in [1.29, 1.82) is 0 Å². The zero-order valence-corrected chi connectivity index (χ0v) is 9.07. The highest BCUT2D eigenvalue weighted by Crippen LogP contribution is 2.14.